The smallest absolute Gasteiger partial charge is 0.475 e. The molecule has 11 nitrogen and oxygen atoms in total. The number of nitrogens with two attached hydrogens (primary N) is 1. The number of nitrogen functional groups attached to an aromatic ring is 1. The van der Waals surface area contributed by atoms with E-state index in [1.165, 1.54) is 5.56 Å². The standard InChI is InChI=1S/C22H28BrN5O2.2C2HF3O2/c1-13-17(7-8-20(24)27-13)12-26-21(29)14(2)28-22(30)19-10-15(11-25-19)9-16-5-3-4-6-18(16)23;2*3-2(4,5)1(6)7/h3-8,14-15,19,25H,9-12H2,1-2H3,(H2,24,27)(H,26,29)(H,28,30);2*(H,6,7)/t14-,15-,19+;;/m0../s1. The Balaban J connectivity index is 0.000000574. The number of amides is 2. The summed E-state index contributed by atoms with van der Waals surface area (Å²) in [6.45, 7) is 4.66. The van der Waals surface area contributed by atoms with Crippen LogP contribution in [0.1, 0.15) is 30.2 Å². The van der Waals surface area contributed by atoms with Crippen molar-refractivity contribution in [2.75, 3.05) is 12.3 Å². The van der Waals surface area contributed by atoms with Gasteiger partial charge in [-0.15, -0.1) is 0 Å². The Morgan fingerprint density at radius 2 is 1.57 bits per heavy atom. The van der Waals surface area contributed by atoms with Gasteiger partial charge in [-0.25, -0.2) is 14.6 Å². The summed E-state index contributed by atoms with van der Waals surface area (Å²) < 4.78 is 64.6. The summed E-state index contributed by atoms with van der Waals surface area (Å²) in [6.07, 6.45) is -8.51. The molecule has 3 rings (SSSR count). The Bertz CT molecular complexity index is 1290. The van der Waals surface area contributed by atoms with Gasteiger partial charge in [-0.1, -0.05) is 40.2 Å². The zero-order valence-electron chi connectivity index (χ0n) is 23.2. The van der Waals surface area contributed by atoms with Crippen LogP contribution in [-0.2, 0) is 32.1 Å². The van der Waals surface area contributed by atoms with Crippen molar-refractivity contribution in [3.05, 3.63) is 57.7 Å². The van der Waals surface area contributed by atoms with E-state index in [4.69, 9.17) is 25.5 Å². The summed E-state index contributed by atoms with van der Waals surface area (Å²) in [5.74, 6) is -5.06. The maximum Gasteiger partial charge on any atom is 0.490 e. The second-order valence-corrected chi connectivity index (χ2v) is 10.2. The van der Waals surface area contributed by atoms with Gasteiger partial charge in [0.05, 0.1) is 6.04 Å². The van der Waals surface area contributed by atoms with E-state index in [1.54, 1.807) is 13.0 Å². The molecule has 2 amide bonds. The second kappa shape index (κ2) is 16.8. The van der Waals surface area contributed by atoms with Gasteiger partial charge in [-0.05, 0) is 62.4 Å². The van der Waals surface area contributed by atoms with Crippen molar-refractivity contribution in [2.45, 2.75) is 57.7 Å². The maximum atomic E-state index is 12.6. The number of nitrogens with zero attached hydrogens (tertiary/aromatic N) is 1. The Morgan fingerprint density at radius 1 is 1.02 bits per heavy atom. The molecule has 1 saturated heterocycles. The van der Waals surface area contributed by atoms with Crippen molar-refractivity contribution in [1.82, 2.24) is 20.9 Å². The summed E-state index contributed by atoms with van der Waals surface area (Å²) in [6, 6.07) is 10.8. The number of anilines is 1. The molecule has 1 aliphatic heterocycles. The van der Waals surface area contributed by atoms with E-state index in [2.05, 4.69) is 42.9 Å². The largest absolute Gasteiger partial charge is 0.490 e. The van der Waals surface area contributed by atoms with Gasteiger partial charge >= 0.3 is 24.3 Å². The molecule has 1 aromatic carbocycles. The lowest BCUT2D eigenvalue weighted by molar-refractivity contribution is -0.193. The number of carbonyl (C=O) groups is 4. The van der Waals surface area contributed by atoms with Gasteiger partial charge in [0, 0.05) is 16.7 Å². The Kier molecular flexibility index (Phi) is 14.5. The van der Waals surface area contributed by atoms with Crippen molar-refractivity contribution in [3.8, 4) is 0 Å². The van der Waals surface area contributed by atoms with Crippen LogP contribution in [0.4, 0.5) is 32.2 Å². The quantitative estimate of drug-likeness (QED) is 0.236. The lowest BCUT2D eigenvalue weighted by atomic mass is 9.96. The number of nitrogens with one attached hydrogen (secondary N) is 3. The normalized spacial score (nSPS) is 16.8. The molecular formula is C26H30BrF6N5O6. The number of carboxylic acids is 2. The van der Waals surface area contributed by atoms with E-state index in [1.807, 2.05) is 31.2 Å². The number of aryl methyl sites for hydroxylation is 1. The first-order chi connectivity index (χ1) is 20.2. The number of rotatable bonds is 7. The third kappa shape index (κ3) is 13.6. The number of alkyl halides is 6. The summed E-state index contributed by atoms with van der Waals surface area (Å²) in [5.41, 5.74) is 8.56. The van der Waals surface area contributed by atoms with E-state index in [-0.39, 0.29) is 17.9 Å². The molecule has 0 spiro atoms. The van der Waals surface area contributed by atoms with Crippen molar-refractivity contribution >= 4 is 45.5 Å². The lowest BCUT2D eigenvalue weighted by Crippen LogP contribution is -2.50. The second-order valence-electron chi connectivity index (χ2n) is 9.39. The third-order valence-electron chi connectivity index (χ3n) is 5.91. The molecule has 7 N–H and O–H groups in total. The van der Waals surface area contributed by atoms with Crippen LogP contribution in [0.5, 0.6) is 0 Å². The van der Waals surface area contributed by atoms with Crippen LogP contribution >= 0.6 is 15.9 Å². The number of aliphatic carboxylic acids is 2. The zero-order valence-corrected chi connectivity index (χ0v) is 24.8. The first kappa shape index (κ1) is 38.1. The van der Waals surface area contributed by atoms with Gasteiger partial charge < -0.3 is 31.9 Å². The van der Waals surface area contributed by atoms with E-state index in [9.17, 15) is 35.9 Å². The Morgan fingerprint density at radius 3 is 2.07 bits per heavy atom. The molecule has 1 fully saturated rings. The van der Waals surface area contributed by atoms with Crippen molar-refractivity contribution in [2.24, 2.45) is 5.92 Å². The topological polar surface area (TPSA) is 184 Å². The number of hydrogen-bond acceptors (Lipinski definition) is 7. The van der Waals surface area contributed by atoms with Gasteiger partial charge in [0.25, 0.3) is 0 Å². The average Bonchev–Trinajstić information content (AvgIpc) is 3.37. The summed E-state index contributed by atoms with van der Waals surface area (Å²) >= 11 is 3.58. The van der Waals surface area contributed by atoms with Crippen LogP contribution in [0.3, 0.4) is 0 Å². The number of halogens is 7. The van der Waals surface area contributed by atoms with Gasteiger partial charge in [0.2, 0.25) is 11.8 Å². The highest BCUT2D eigenvalue weighted by molar-refractivity contribution is 9.10. The fourth-order valence-electron chi connectivity index (χ4n) is 3.65. The van der Waals surface area contributed by atoms with Gasteiger partial charge in [0.1, 0.15) is 11.9 Å². The van der Waals surface area contributed by atoms with Crippen LogP contribution < -0.4 is 21.7 Å². The highest BCUT2D eigenvalue weighted by atomic mass is 79.9. The molecule has 2 aromatic rings. The number of hydrogen-bond donors (Lipinski definition) is 6. The van der Waals surface area contributed by atoms with Gasteiger partial charge in [-0.2, -0.15) is 26.3 Å². The predicted molar refractivity (Wildman–Crippen MR) is 148 cm³/mol. The molecule has 0 saturated carbocycles. The SMILES string of the molecule is Cc1nc(N)ccc1CNC(=O)[C@H](C)NC(=O)[C@H]1C[C@H](Cc2ccccc2Br)CN1.O=C(O)C(F)(F)F.O=C(O)C(F)(F)F. The number of carbonyl (C=O) groups excluding carboxylic acids is 2. The lowest BCUT2D eigenvalue weighted by Gasteiger charge is -2.17. The first-order valence-corrected chi connectivity index (χ1v) is 13.4. The number of aromatic nitrogens is 1. The van der Waals surface area contributed by atoms with Gasteiger partial charge in [-0.3, -0.25) is 9.59 Å². The molecule has 244 valence electrons. The highest BCUT2D eigenvalue weighted by Gasteiger charge is 2.39. The third-order valence-corrected chi connectivity index (χ3v) is 6.69. The van der Waals surface area contributed by atoms with Crippen LogP contribution in [0.2, 0.25) is 0 Å². The van der Waals surface area contributed by atoms with Crippen LogP contribution in [0.25, 0.3) is 0 Å². The molecule has 1 aromatic heterocycles. The molecule has 0 aliphatic carbocycles. The molecule has 1 aliphatic rings. The minimum Gasteiger partial charge on any atom is -0.475 e. The zero-order chi connectivity index (χ0) is 33.8. The van der Waals surface area contributed by atoms with Gasteiger partial charge in [0.15, 0.2) is 0 Å². The summed E-state index contributed by atoms with van der Waals surface area (Å²) in [4.78, 5) is 47.0. The predicted octanol–water partition coefficient (Wildman–Crippen LogP) is 3.34. The van der Waals surface area contributed by atoms with Crippen molar-refractivity contribution in [1.29, 1.82) is 0 Å². The number of carboxylic acid groups (broad SMARTS) is 2. The van der Waals surface area contributed by atoms with Crippen LogP contribution in [0, 0.1) is 12.8 Å². The fourth-order valence-corrected chi connectivity index (χ4v) is 4.10. The Hall–Kier alpha value is -3.93. The minimum atomic E-state index is -5.08. The van der Waals surface area contributed by atoms with Crippen molar-refractivity contribution in [3.63, 3.8) is 0 Å². The monoisotopic (exact) mass is 701 g/mol. The van der Waals surface area contributed by atoms with Crippen molar-refractivity contribution < 1.29 is 55.7 Å². The Labute approximate surface area is 255 Å². The van der Waals surface area contributed by atoms with Crippen LogP contribution in [-0.4, -0.2) is 69.9 Å². The molecule has 0 bridgehead atoms. The summed E-state index contributed by atoms with van der Waals surface area (Å²) in [7, 11) is 0. The molecule has 44 heavy (non-hydrogen) atoms. The fraction of sp³-hybridized carbons (Fsp3) is 0.423. The van der Waals surface area contributed by atoms with Crippen LogP contribution in [0.15, 0.2) is 40.9 Å². The average molecular weight is 702 g/mol. The molecule has 2 heterocycles. The minimum absolute atomic E-state index is 0.141. The van der Waals surface area contributed by atoms with E-state index < -0.39 is 30.3 Å². The molecule has 3 atom stereocenters. The first-order valence-electron chi connectivity index (χ1n) is 12.6. The summed E-state index contributed by atoms with van der Waals surface area (Å²) in [5, 5.41) is 23.2. The molecule has 18 heteroatoms. The van der Waals surface area contributed by atoms with E-state index in [0.717, 1.165) is 35.1 Å². The molecule has 0 radical (unpaired) electrons. The van der Waals surface area contributed by atoms with E-state index >= 15 is 0 Å². The highest BCUT2D eigenvalue weighted by Crippen LogP contribution is 2.24. The molecule has 0 unspecified atom stereocenters. The molecular weight excluding hydrogens is 672 g/mol. The van der Waals surface area contributed by atoms with E-state index in [0.29, 0.717) is 18.3 Å². The number of benzene rings is 1. The maximum absolute atomic E-state index is 12.6. The number of pyridine rings is 1.